The summed E-state index contributed by atoms with van der Waals surface area (Å²) in [5.74, 6) is 3.23. The maximum Gasteiger partial charge on any atom is 0.0163 e. The second kappa shape index (κ2) is 5.46. The Morgan fingerprint density at radius 1 is 0.950 bits per heavy atom. The van der Waals surface area contributed by atoms with E-state index in [0.717, 1.165) is 17.8 Å². The van der Waals surface area contributed by atoms with Gasteiger partial charge in [0.25, 0.3) is 0 Å². The topological polar surface area (TPSA) is 15.3 Å². The zero-order chi connectivity index (χ0) is 13.4. The smallest absolute Gasteiger partial charge is 0.0163 e. The van der Waals surface area contributed by atoms with E-state index in [2.05, 4.69) is 22.4 Å². The second-order valence-electron chi connectivity index (χ2n) is 8.09. The van der Waals surface area contributed by atoms with Crippen molar-refractivity contribution < 1.29 is 0 Å². The minimum atomic E-state index is 0.624. The van der Waals surface area contributed by atoms with E-state index >= 15 is 0 Å². The van der Waals surface area contributed by atoms with Gasteiger partial charge in [0.2, 0.25) is 0 Å². The van der Waals surface area contributed by atoms with Gasteiger partial charge in [-0.15, -0.1) is 0 Å². The van der Waals surface area contributed by atoms with Crippen LogP contribution in [0.25, 0.3) is 0 Å². The Balaban J connectivity index is 1.37. The Morgan fingerprint density at radius 3 is 2.35 bits per heavy atom. The molecule has 20 heavy (non-hydrogen) atoms. The highest BCUT2D eigenvalue weighted by molar-refractivity contribution is 5.11. The van der Waals surface area contributed by atoms with Crippen LogP contribution in [0.3, 0.4) is 0 Å². The van der Waals surface area contributed by atoms with E-state index in [4.69, 9.17) is 0 Å². The lowest BCUT2D eigenvalue weighted by molar-refractivity contribution is -0.0239. The van der Waals surface area contributed by atoms with Gasteiger partial charge in [-0.2, -0.15) is 0 Å². The fraction of sp³-hybridized carbons (Fsp3) is 0.889. The van der Waals surface area contributed by atoms with Crippen LogP contribution in [0.1, 0.15) is 44.9 Å². The van der Waals surface area contributed by atoms with Crippen molar-refractivity contribution in [3.8, 4) is 0 Å². The summed E-state index contributed by atoms with van der Waals surface area (Å²) < 4.78 is 0. The zero-order valence-corrected chi connectivity index (χ0v) is 12.8. The third-order valence-corrected chi connectivity index (χ3v) is 6.35. The van der Waals surface area contributed by atoms with Crippen molar-refractivity contribution in [1.82, 2.24) is 10.2 Å². The molecule has 1 N–H and O–H groups in total. The molecule has 1 saturated heterocycles. The summed E-state index contributed by atoms with van der Waals surface area (Å²) in [6.07, 6.45) is 15.7. The summed E-state index contributed by atoms with van der Waals surface area (Å²) in [4.78, 5) is 2.62. The van der Waals surface area contributed by atoms with Crippen LogP contribution < -0.4 is 5.32 Å². The van der Waals surface area contributed by atoms with Crippen molar-refractivity contribution in [3.05, 3.63) is 12.2 Å². The molecule has 5 rings (SSSR count). The first-order valence-electron chi connectivity index (χ1n) is 8.92. The molecule has 0 aromatic heterocycles. The SMILES string of the molecule is C(=C\C12CC3CC(CC(C3)C1)C2)/CN1CCCNCC1. The summed E-state index contributed by atoms with van der Waals surface area (Å²) in [5, 5.41) is 3.50. The lowest BCUT2D eigenvalue weighted by atomic mass is 9.49. The lowest BCUT2D eigenvalue weighted by Crippen LogP contribution is -2.45. The molecule has 1 heterocycles. The van der Waals surface area contributed by atoms with Crippen molar-refractivity contribution in [2.24, 2.45) is 23.2 Å². The number of rotatable bonds is 3. The van der Waals surface area contributed by atoms with Crippen LogP contribution in [0.15, 0.2) is 12.2 Å². The molecule has 4 aliphatic carbocycles. The molecular weight excluding hydrogens is 244 g/mol. The number of nitrogens with zero attached hydrogens (tertiary/aromatic N) is 1. The van der Waals surface area contributed by atoms with Crippen molar-refractivity contribution in [2.45, 2.75) is 44.9 Å². The standard InChI is InChI=1S/C18H30N2/c1(6-20-7-2-4-19-5-8-20)3-18-12-15-9-16(13-18)11-17(10-15)14-18/h1,3,15-17,19H,2,4-14H2/b3-1+. The monoisotopic (exact) mass is 274 g/mol. The summed E-state index contributed by atoms with van der Waals surface area (Å²) in [5.41, 5.74) is 0.624. The number of hydrogen-bond acceptors (Lipinski definition) is 2. The van der Waals surface area contributed by atoms with Crippen LogP contribution in [-0.2, 0) is 0 Å². The van der Waals surface area contributed by atoms with E-state index < -0.39 is 0 Å². The third kappa shape index (κ3) is 2.69. The van der Waals surface area contributed by atoms with E-state index in [1.165, 1.54) is 58.4 Å². The van der Waals surface area contributed by atoms with E-state index in [1.807, 2.05) is 0 Å². The van der Waals surface area contributed by atoms with Gasteiger partial charge < -0.3 is 5.32 Å². The molecule has 4 saturated carbocycles. The molecule has 5 fully saturated rings. The molecule has 0 aromatic carbocycles. The highest BCUT2D eigenvalue weighted by Gasteiger charge is 2.49. The molecule has 0 amide bonds. The van der Waals surface area contributed by atoms with Gasteiger partial charge in [-0.3, -0.25) is 4.90 Å². The number of hydrogen-bond donors (Lipinski definition) is 1. The molecule has 4 bridgehead atoms. The maximum absolute atomic E-state index is 3.50. The van der Waals surface area contributed by atoms with Crippen LogP contribution in [0.2, 0.25) is 0 Å². The Bertz CT molecular complexity index is 330. The van der Waals surface area contributed by atoms with E-state index in [1.54, 1.807) is 19.3 Å². The van der Waals surface area contributed by atoms with Gasteiger partial charge in [0.1, 0.15) is 0 Å². The summed E-state index contributed by atoms with van der Waals surface area (Å²) in [6, 6.07) is 0. The molecule has 0 spiro atoms. The zero-order valence-electron chi connectivity index (χ0n) is 12.8. The highest BCUT2D eigenvalue weighted by Crippen LogP contribution is 2.60. The van der Waals surface area contributed by atoms with Crippen LogP contribution >= 0.6 is 0 Å². The molecule has 2 nitrogen and oxygen atoms in total. The molecular formula is C18H30N2. The molecule has 0 unspecified atom stereocenters. The van der Waals surface area contributed by atoms with Crippen LogP contribution in [0.4, 0.5) is 0 Å². The molecule has 5 aliphatic rings. The average molecular weight is 274 g/mol. The van der Waals surface area contributed by atoms with Crippen molar-refractivity contribution in [3.63, 3.8) is 0 Å². The molecule has 0 radical (unpaired) electrons. The van der Waals surface area contributed by atoms with Gasteiger partial charge >= 0.3 is 0 Å². The van der Waals surface area contributed by atoms with Gasteiger partial charge in [0, 0.05) is 19.6 Å². The van der Waals surface area contributed by atoms with Crippen molar-refractivity contribution in [1.29, 1.82) is 0 Å². The van der Waals surface area contributed by atoms with Gasteiger partial charge in [-0.05, 0) is 81.2 Å². The minimum absolute atomic E-state index is 0.624. The Labute approximate surface area is 124 Å². The normalized spacial score (nSPS) is 45.1. The Hall–Kier alpha value is -0.340. The fourth-order valence-corrected chi connectivity index (χ4v) is 5.92. The fourth-order valence-electron chi connectivity index (χ4n) is 5.92. The molecule has 1 aliphatic heterocycles. The molecule has 112 valence electrons. The van der Waals surface area contributed by atoms with Crippen LogP contribution in [-0.4, -0.2) is 37.6 Å². The van der Waals surface area contributed by atoms with Crippen LogP contribution in [0, 0.1) is 23.2 Å². The second-order valence-corrected chi connectivity index (χ2v) is 8.09. The quantitative estimate of drug-likeness (QED) is 0.796. The van der Waals surface area contributed by atoms with Gasteiger partial charge in [0.15, 0.2) is 0 Å². The Morgan fingerprint density at radius 2 is 1.65 bits per heavy atom. The number of allylic oxidation sites excluding steroid dienone is 1. The highest BCUT2D eigenvalue weighted by atomic mass is 15.1. The van der Waals surface area contributed by atoms with Crippen molar-refractivity contribution in [2.75, 3.05) is 32.7 Å². The molecule has 0 atom stereocenters. The van der Waals surface area contributed by atoms with Gasteiger partial charge in [0.05, 0.1) is 0 Å². The first-order chi connectivity index (χ1) is 9.81. The number of nitrogens with one attached hydrogen (secondary N) is 1. The van der Waals surface area contributed by atoms with E-state index in [0.29, 0.717) is 5.41 Å². The van der Waals surface area contributed by atoms with E-state index in [-0.39, 0.29) is 0 Å². The third-order valence-electron chi connectivity index (χ3n) is 6.35. The lowest BCUT2D eigenvalue weighted by Gasteiger charge is -2.56. The first kappa shape index (κ1) is 13.3. The summed E-state index contributed by atoms with van der Waals surface area (Å²) in [7, 11) is 0. The summed E-state index contributed by atoms with van der Waals surface area (Å²) in [6.45, 7) is 6.06. The average Bonchev–Trinajstić information content (AvgIpc) is 2.65. The van der Waals surface area contributed by atoms with Gasteiger partial charge in [-0.1, -0.05) is 12.2 Å². The minimum Gasteiger partial charge on any atom is -0.315 e. The molecule has 0 aromatic rings. The van der Waals surface area contributed by atoms with Gasteiger partial charge in [-0.25, -0.2) is 0 Å². The predicted molar refractivity (Wildman–Crippen MR) is 83.7 cm³/mol. The molecule has 2 heteroatoms. The predicted octanol–water partition coefficient (Wildman–Crippen LogP) is 3.05. The largest absolute Gasteiger partial charge is 0.315 e. The van der Waals surface area contributed by atoms with Crippen LogP contribution in [0.5, 0.6) is 0 Å². The van der Waals surface area contributed by atoms with Crippen molar-refractivity contribution >= 4 is 0 Å². The summed E-state index contributed by atoms with van der Waals surface area (Å²) >= 11 is 0. The van der Waals surface area contributed by atoms with E-state index in [9.17, 15) is 0 Å². The first-order valence-corrected chi connectivity index (χ1v) is 8.92. The maximum atomic E-state index is 3.50. The Kier molecular flexibility index (Phi) is 3.64.